The molecule has 2 aromatic heterocycles. The summed E-state index contributed by atoms with van der Waals surface area (Å²) in [6.45, 7) is 6.60. The monoisotopic (exact) mass is 589 g/mol. The van der Waals surface area contributed by atoms with E-state index in [4.69, 9.17) is 10.2 Å². The average molecular weight is 590 g/mol. The zero-order chi connectivity index (χ0) is 30.4. The third kappa shape index (κ3) is 5.53. The number of rotatable bonds is 7. The zero-order valence-electron chi connectivity index (χ0n) is 26.1. The summed E-state index contributed by atoms with van der Waals surface area (Å²) in [5.41, 5.74) is 7.83. The molecule has 7 rings (SSSR count). The van der Waals surface area contributed by atoms with Gasteiger partial charge in [-0.1, -0.05) is 19.1 Å². The third-order valence-electron chi connectivity index (χ3n) is 10.6. The van der Waals surface area contributed by atoms with Gasteiger partial charge in [0, 0.05) is 52.9 Å². The average Bonchev–Trinajstić information content (AvgIpc) is 3.73. The standard InChI is InChI=1S/C36H43N7O/c1-21(2)39-32-17-25(34-13-11-29-14-23(19-37)20-38-43(29)34)10-12-30(32)33-18-31(41-42-33)28-15-26-8-9-27(16-28)35(26)40-36(44)24-6-4-22(3)5-7-24/h10-14,17,20-22,24,26-28,35,39H,4-9,15-16,18H2,1-3H3,(H,40,44)/t22?,24?,26-,27+,28?,35?. The summed E-state index contributed by atoms with van der Waals surface area (Å²) >= 11 is 0. The van der Waals surface area contributed by atoms with Crippen molar-refractivity contribution >= 4 is 28.5 Å². The van der Waals surface area contributed by atoms with E-state index < -0.39 is 0 Å². The highest BCUT2D eigenvalue weighted by atomic mass is 16.2. The van der Waals surface area contributed by atoms with Gasteiger partial charge in [-0.05, 0) is 107 Å². The maximum absolute atomic E-state index is 13.2. The highest BCUT2D eigenvalue weighted by Gasteiger charge is 2.45. The first kappa shape index (κ1) is 28.8. The molecule has 4 atom stereocenters. The van der Waals surface area contributed by atoms with Crippen molar-refractivity contribution in [3.05, 3.63) is 53.7 Å². The summed E-state index contributed by atoms with van der Waals surface area (Å²) < 4.78 is 1.88. The van der Waals surface area contributed by atoms with Gasteiger partial charge >= 0.3 is 0 Å². The molecule has 3 saturated carbocycles. The predicted octanol–water partition coefficient (Wildman–Crippen LogP) is 6.99. The van der Waals surface area contributed by atoms with E-state index in [-0.39, 0.29) is 12.0 Å². The van der Waals surface area contributed by atoms with Crippen molar-refractivity contribution in [1.82, 2.24) is 14.9 Å². The normalized spacial score (nSPS) is 28.1. The number of benzene rings is 1. The first-order valence-corrected chi connectivity index (χ1v) is 16.6. The minimum atomic E-state index is 0.211. The van der Waals surface area contributed by atoms with E-state index in [1.54, 1.807) is 6.20 Å². The topological polar surface area (TPSA) is 107 Å². The van der Waals surface area contributed by atoms with E-state index in [1.807, 2.05) is 16.6 Å². The molecule has 2 N–H and O–H groups in total. The molecule has 1 aromatic carbocycles. The Morgan fingerprint density at radius 2 is 1.77 bits per heavy atom. The van der Waals surface area contributed by atoms with Crippen LogP contribution in [0.15, 0.2) is 52.8 Å². The van der Waals surface area contributed by atoms with E-state index >= 15 is 0 Å². The molecule has 2 bridgehead atoms. The van der Waals surface area contributed by atoms with Crippen molar-refractivity contribution in [2.45, 2.75) is 90.6 Å². The predicted molar refractivity (Wildman–Crippen MR) is 175 cm³/mol. The number of nitrogens with one attached hydrogen (secondary N) is 2. The molecular weight excluding hydrogens is 546 g/mol. The Kier molecular flexibility index (Phi) is 7.74. The number of carbonyl (C=O) groups is 1. The lowest BCUT2D eigenvalue weighted by molar-refractivity contribution is -0.127. The van der Waals surface area contributed by atoms with Crippen LogP contribution in [0.4, 0.5) is 5.69 Å². The van der Waals surface area contributed by atoms with Crippen molar-refractivity contribution in [1.29, 1.82) is 5.26 Å². The molecule has 8 nitrogen and oxygen atoms in total. The van der Waals surface area contributed by atoms with Crippen LogP contribution in [0.5, 0.6) is 0 Å². The Bertz CT molecular complexity index is 1660. The van der Waals surface area contributed by atoms with Crippen LogP contribution in [0.25, 0.3) is 16.8 Å². The second-order valence-corrected chi connectivity index (χ2v) is 14.0. The van der Waals surface area contributed by atoms with E-state index in [1.165, 1.54) is 31.4 Å². The van der Waals surface area contributed by atoms with Crippen LogP contribution < -0.4 is 10.6 Å². The smallest absolute Gasteiger partial charge is 0.223 e. The minimum Gasteiger partial charge on any atom is -0.382 e. The molecule has 3 fully saturated rings. The summed E-state index contributed by atoms with van der Waals surface area (Å²) in [7, 11) is 0. The maximum Gasteiger partial charge on any atom is 0.223 e. The molecule has 2 unspecified atom stereocenters. The molecular formula is C36H43N7O. The first-order valence-electron chi connectivity index (χ1n) is 16.6. The van der Waals surface area contributed by atoms with Crippen LogP contribution in [0.1, 0.15) is 89.7 Å². The summed E-state index contributed by atoms with van der Waals surface area (Å²) in [5.74, 6) is 2.81. The number of carbonyl (C=O) groups excluding carboxylic acids is 1. The van der Waals surface area contributed by atoms with Gasteiger partial charge in [-0.15, -0.1) is 0 Å². The van der Waals surface area contributed by atoms with Gasteiger partial charge in [0.1, 0.15) is 6.07 Å². The summed E-state index contributed by atoms with van der Waals surface area (Å²) in [6.07, 6.45) is 11.5. The number of aromatic nitrogens is 2. The molecule has 44 heavy (non-hydrogen) atoms. The van der Waals surface area contributed by atoms with Crippen LogP contribution in [0.3, 0.4) is 0 Å². The second kappa shape index (κ2) is 11.8. The molecule has 3 aliphatic carbocycles. The van der Waals surface area contributed by atoms with Crippen LogP contribution in [-0.4, -0.2) is 39.0 Å². The molecule has 3 heterocycles. The van der Waals surface area contributed by atoms with Gasteiger partial charge in [-0.3, -0.25) is 4.79 Å². The number of nitriles is 1. The van der Waals surface area contributed by atoms with Crippen molar-refractivity contribution in [3.63, 3.8) is 0 Å². The summed E-state index contributed by atoms with van der Waals surface area (Å²) in [4.78, 5) is 13.2. The minimum absolute atomic E-state index is 0.211. The quantitative estimate of drug-likeness (QED) is 0.310. The number of amides is 1. The number of nitrogens with zero attached hydrogens (tertiary/aromatic N) is 5. The number of hydrogen-bond donors (Lipinski definition) is 2. The lowest BCUT2D eigenvalue weighted by Gasteiger charge is -2.37. The second-order valence-electron chi connectivity index (χ2n) is 14.0. The molecule has 1 amide bonds. The highest BCUT2D eigenvalue weighted by molar-refractivity contribution is 6.18. The summed E-state index contributed by atoms with van der Waals surface area (Å²) in [5, 5.41) is 30.5. The van der Waals surface area contributed by atoms with Gasteiger partial charge in [-0.2, -0.15) is 20.6 Å². The van der Waals surface area contributed by atoms with Gasteiger partial charge in [0.15, 0.2) is 0 Å². The van der Waals surface area contributed by atoms with Gasteiger partial charge in [0.2, 0.25) is 5.91 Å². The Morgan fingerprint density at radius 1 is 1.00 bits per heavy atom. The molecule has 3 aromatic rings. The lowest BCUT2D eigenvalue weighted by Crippen LogP contribution is -2.48. The molecule has 0 spiro atoms. The van der Waals surface area contributed by atoms with Crippen molar-refractivity contribution in [2.24, 2.45) is 39.8 Å². The molecule has 0 saturated heterocycles. The fourth-order valence-corrected chi connectivity index (χ4v) is 8.25. The molecule has 0 radical (unpaired) electrons. The van der Waals surface area contributed by atoms with E-state index in [0.717, 1.165) is 71.8 Å². The molecule has 4 aliphatic rings. The fourth-order valence-electron chi connectivity index (χ4n) is 8.25. The Hall–Kier alpha value is -3.99. The van der Waals surface area contributed by atoms with Gasteiger partial charge in [-0.25, -0.2) is 4.52 Å². The highest BCUT2D eigenvalue weighted by Crippen LogP contribution is 2.46. The zero-order valence-corrected chi connectivity index (χ0v) is 26.1. The Labute approximate surface area is 260 Å². The van der Waals surface area contributed by atoms with Crippen molar-refractivity contribution in [3.8, 4) is 17.3 Å². The van der Waals surface area contributed by atoms with Crippen molar-refractivity contribution in [2.75, 3.05) is 5.32 Å². The fraction of sp³-hybridized carbons (Fsp3) is 0.528. The molecule has 1 aliphatic heterocycles. The summed E-state index contributed by atoms with van der Waals surface area (Å²) in [6, 6.07) is 15.1. The molecule has 228 valence electrons. The largest absolute Gasteiger partial charge is 0.382 e. The number of hydrogen-bond acceptors (Lipinski definition) is 6. The first-order chi connectivity index (χ1) is 21.4. The van der Waals surface area contributed by atoms with E-state index in [2.05, 4.69) is 66.8 Å². The third-order valence-corrected chi connectivity index (χ3v) is 10.6. The number of anilines is 1. The van der Waals surface area contributed by atoms with E-state index in [0.29, 0.717) is 35.3 Å². The Balaban J connectivity index is 1.04. The van der Waals surface area contributed by atoms with Gasteiger partial charge in [0.25, 0.3) is 0 Å². The number of fused-ring (bicyclic) bond motifs is 3. The Morgan fingerprint density at radius 3 is 2.50 bits per heavy atom. The maximum atomic E-state index is 13.2. The van der Waals surface area contributed by atoms with Crippen LogP contribution >= 0.6 is 0 Å². The lowest BCUT2D eigenvalue weighted by atomic mass is 9.74. The van der Waals surface area contributed by atoms with Crippen LogP contribution in [-0.2, 0) is 4.79 Å². The van der Waals surface area contributed by atoms with Crippen molar-refractivity contribution < 1.29 is 4.79 Å². The molecule has 8 heteroatoms. The van der Waals surface area contributed by atoms with Gasteiger partial charge in [0.05, 0.1) is 28.7 Å². The van der Waals surface area contributed by atoms with Gasteiger partial charge < -0.3 is 10.6 Å². The SMILES string of the molecule is CC1CCC(C(=O)NC2[C@@H]3CC[C@H]2CC(C2=NN=C(c4ccc(-c5ccc6cc(C#N)cnn56)cc4NC(C)C)C2)C3)CC1. The van der Waals surface area contributed by atoms with Crippen LogP contribution in [0.2, 0.25) is 0 Å². The van der Waals surface area contributed by atoms with Crippen LogP contribution in [0, 0.1) is 40.9 Å². The van der Waals surface area contributed by atoms with E-state index in [9.17, 15) is 10.1 Å².